The van der Waals surface area contributed by atoms with Gasteiger partial charge in [-0.05, 0) is 46.5 Å². The summed E-state index contributed by atoms with van der Waals surface area (Å²) in [5, 5.41) is 0.599. The van der Waals surface area contributed by atoms with E-state index in [0.29, 0.717) is 22.5 Å². The first-order valence-corrected chi connectivity index (χ1v) is 12.5. The topological polar surface area (TPSA) is 38.7 Å². The molecule has 4 heteroatoms. The van der Waals surface area contributed by atoms with E-state index in [4.69, 9.17) is 26.6 Å². The molecule has 1 aromatic heterocycles. The summed E-state index contributed by atoms with van der Waals surface area (Å²) < 4.78 is 0. The average molecular weight is 496 g/mol. The largest absolute Gasteiger partial charge is 0.208 e. The lowest BCUT2D eigenvalue weighted by atomic mass is 10.0. The third-order valence-corrected chi connectivity index (χ3v) is 6.54. The molecule has 0 spiro atoms. The van der Waals surface area contributed by atoms with Gasteiger partial charge in [-0.1, -0.05) is 121 Å². The zero-order valence-corrected chi connectivity index (χ0v) is 20.7. The van der Waals surface area contributed by atoms with E-state index < -0.39 is 0 Å². The minimum Gasteiger partial charge on any atom is -0.208 e. The lowest BCUT2D eigenvalue weighted by molar-refractivity contribution is 1.07. The summed E-state index contributed by atoms with van der Waals surface area (Å²) in [5.41, 5.74) is 7.08. The molecule has 1 heterocycles. The Labute approximate surface area is 221 Å². The van der Waals surface area contributed by atoms with Crippen LogP contribution < -0.4 is 0 Å². The molecular weight excluding hydrogens is 474 g/mol. The molecule has 176 valence electrons. The molecule has 0 bridgehead atoms. The second kappa shape index (κ2) is 10.2. The Kier molecular flexibility index (Phi) is 6.28. The molecule has 0 saturated heterocycles. The highest BCUT2D eigenvalue weighted by molar-refractivity contribution is 6.33. The van der Waals surface area contributed by atoms with Gasteiger partial charge in [-0.2, -0.15) is 0 Å². The first kappa shape index (κ1) is 22.8. The highest BCUT2D eigenvalue weighted by Crippen LogP contribution is 2.31. The van der Waals surface area contributed by atoms with Crippen LogP contribution in [0.2, 0.25) is 5.02 Å². The van der Waals surface area contributed by atoms with Crippen LogP contribution in [0.3, 0.4) is 0 Å². The lowest BCUT2D eigenvalue weighted by Gasteiger charge is -2.11. The van der Waals surface area contributed by atoms with Crippen molar-refractivity contribution in [2.75, 3.05) is 0 Å². The van der Waals surface area contributed by atoms with Gasteiger partial charge >= 0.3 is 0 Å². The molecule has 3 nitrogen and oxygen atoms in total. The van der Waals surface area contributed by atoms with Gasteiger partial charge in [0.1, 0.15) is 0 Å². The molecule has 0 atom stereocenters. The maximum atomic E-state index is 6.57. The summed E-state index contributed by atoms with van der Waals surface area (Å²) in [5.74, 6) is 1.74. The summed E-state index contributed by atoms with van der Waals surface area (Å²) in [7, 11) is 0. The maximum Gasteiger partial charge on any atom is 0.165 e. The van der Waals surface area contributed by atoms with Crippen LogP contribution >= 0.6 is 11.6 Å². The van der Waals surface area contributed by atoms with Crippen LogP contribution in [-0.2, 0) is 0 Å². The zero-order chi connectivity index (χ0) is 25.0. The predicted octanol–water partition coefficient (Wildman–Crippen LogP) is 8.86. The molecular formula is C33H22ClN3. The smallest absolute Gasteiger partial charge is 0.165 e. The molecule has 0 amide bonds. The summed E-state index contributed by atoms with van der Waals surface area (Å²) in [6.45, 7) is 0. The van der Waals surface area contributed by atoms with Crippen LogP contribution in [0.4, 0.5) is 0 Å². The summed E-state index contributed by atoms with van der Waals surface area (Å²) in [6, 6.07) is 44.8. The third kappa shape index (κ3) is 4.90. The van der Waals surface area contributed by atoms with Gasteiger partial charge in [0.05, 0.1) is 5.02 Å². The van der Waals surface area contributed by atoms with E-state index >= 15 is 0 Å². The van der Waals surface area contributed by atoms with Crippen molar-refractivity contribution >= 4 is 11.6 Å². The average Bonchev–Trinajstić information content (AvgIpc) is 2.98. The van der Waals surface area contributed by atoms with Crippen LogP contribution in [0.1, 0.15) is 0 Å². The van der Waals surface area contributed by atoms with Crippen molar-refractivity contribution in [3.63, 3.8) is 0 Å². The van der Waals surface area contributed by atoms with Crippen LogP contribution in [-0.4, -0.2) is 15.0 Å². The number of hydrogen-bond acceptors (Lipinski definition) is 3. The van der Waals surface area contributed by atoms with Gasteiger partial charge in [0.2, 0.25) is 0 Å². The van der Waals surface area contributed by atoms with Crippen molar-refractivity contribution in [2.24, 2.45) is 0 Å². The highest BCUT2D eigenvalue weighted by atomic mass is 35.5. The van der Waals surface area contributed by atoms with Gasteiger partial charge in [-0.3, -0.25) is 0 Å². The third-order valence-electron chi connectivity index (χ3n) is 6.21. The number of benzene rings is 5. The summed E-state index contributed by atoms with van der Waals surface area (Å²) in [4.78, 5) is 14.7. The van der Waals surface area contributed by atoms with E-state index in [1.807, 2.05) is 84.9 Å². The Morgan fingerprint density at radius 1 is 0.351 bits per heavy atom. The lowest BCUT2D eigenvalue weighted by Crippen LogP contribution is -2.00. The van der Waals surface area contributed by atoms with E-state index in [1.54, 1.807) is 0 Å². The first-order valence-electron chi connectivity index (χ1n) is 12.1. The van der Waals surface area contributed by atoms with Crippen molar-refractivity contribution in [3.8, 4) is 56.4 Å². The molecule has 0 aliphatic heterocycles. The molecule has 0 saturated carbocycles. The normalized spacial score (nSPS) is 10.8. The van der Waals surface area contributed by atoms with Crippen molar-refractivity contribution in [1.82, 2.24) is 15.0 Å². The summed E-state index contributed by atoms with van der Waals surface area (Å²) >= 11 is 6.57. The standard InChI is InChI=1S/C33H22ClN3/c34-30-20-8-7-19-29(30)33-36-31(27-17-9-15-25(21-27)23-11-3-1-4-12-23)35-32(37-33)28-18-10-16-26(22-28)24-13-5-2-6-14-24/h1-22H. The van der Waals surface area contributed by atoms with Gasteiger partial charge in [0, 0.05) is 16.7 Å². The predicted molar refractivity (Wildman–Crippen MR) is 152 cm³/mol. The molecule has 6 aromatic rings. The second-order valence-corrected chi connectivity index (χ2v) is 9.09. The van der Waals surface area contributed by atoms with Gasteiger partial charge in [-0.25, -0.2) is 15.0 Å². The zero-order valence-electron chi connectivity index (χ0n) is 19.9. The molecule has 5 aromatic carbocycles. The van der Waals surface area contributed by atoms with Gasteiger partial charge in [-0.15, -0.1) is 0 Å². The van der Waals surface area contributed by atoms with E-state index in [0.717, 1.165) is 38.9 Å². The molecule has 6 rings (SSSR count). The molecule has 0 fully saturated rings. The van der Waals surface area contributed by atoms with Crippen molar-refractivity contribution in [3.05, 3.63) is 138 Å². The van der Waals surface area contributed by atoms with Crippen molar-refractivity contribution < 1.29 is 0 Å². The summed E-state index contributed by atoms with van der Waals surface area (Å²) in [6.07, 6.45) is 0. The van der Waals surface area contributed by atoms with E-state index in [1.165, 1.54) is 0 Å². The number of hydrogen-bond donors (Lipinski definition) is 0. The molecule has 0 N–H and O–H groups in total. The van der Waals surface area contributed by atoms with Gasteiger partial charge in [0.25, 0.3) is 0 Å². The molecule has 0 unspecified atom stereocenters. The Balaban J connectivity index is 1.51. The monoisotopic (exact) mass is 495 g/mol. The van der Waals surface area contributed by atoms with Crippen LogP contribution in [0.25, 0.3) is 56.4 Å². The first-order chi connectivity index (χ1) is 18.2. The van der Waals surface area contributed by atoms with E-state index in [-0.39, 0.29) is 0 Å². The van der Waals surface area contributed by atoms with E-state index in [2.05, 4.69) is 48.5 Å². The fourth-order valence-corrected chi connectivity index (χ4v) is 4.55. The van der Waals surface area contributed by atoms with Crippen LogP contribution in [0, 0.1) is 0 Å². The Hall–Kier alpha value is -4.60. The highest BCUT2D eigenvalue weighted by Gasteiger charge is 2.15. The van der Waals surface area contributed by atoms with Crippen LogP contribution in [0.15, 0.2) is 133 Å². The Morgan fingerprint density at radius 2 is 0.757 bits per heavy atom. The minimum atomic E-state index is 0.542. The number of halogens is 1. The molecule has 0 aliphatic carbocycles. The molecule has 0 aliphatic rings. The molecule has 0 radical (unpaired) electrons. The Morgan fingerprint density at radius 3 is 1.27 bits per heavy atom. The quantitative estimate of drug-likeness (QED) is 0.240. The fraction of sp³-hybridized carbons (Fsp3) is 0. The SMILES string of the molecule is Clc1ccccc1-c1nc(-c2cccc(-c3ccccc3)c2)nc(-c2cccc(-c3ccccc3)c2)n1. The van der Waals surface area contributed by atoms with E-state index in [9.17, 15) is 0 Å². The van der Waals surface area contributed by atoms with Gasteiger partial charge < -0.3 is 0 Å². The maximum absolute atomic E-state index is 6.57. The molecule has 37 heavy (non-hydrogen) atoms. The number of aromatic nitrogens is 3. The number of nitrogens with zero attached hydrogens (tertiary/aromatic N) is 3. The van der Waals surface area contributed by atoms with Crippen LogP contribution in [0.5, 0.6) is 0 Å². The van der Waals surface area contributed by atoms with Crippen molar-refractivity contribution in [2.45, 2.75) is 0 Å². The van der Waals surface area contributed by atoms with Crippen molar-refractivity contribution in [1.29, 1.82) is 0 Å². The second-order valence-electron chi connectivity index (χ2n) is 8.68. The minimum absolute atomic E-state index is 0.542. The fourth-order valence-electron chi connectivity index (χ4n) is 4.33. The Bertz CT molecular complexity index is 1580. The number of rotatable bonds is 5. The van der Waals surface area contributed by atoms with Gasteiger partial charge in [0.15, 0.2) is 17.5 Å².